The van der Waals surface area contributed by atoms with Crippen molar-refractivity contribution in [1.82, 2.24) is 14.7 Å². The van der Waals surface area contributed by atoms with Crippen molar-refractivity contribution in [2.24, 2.45) is 0 Å². The van der Waals surface area contributed by atoms with Crippen molar-refractivity contribution in [3.05, 3.63) is 63.4 Å². The summed E-state index contributed by atoms with van der Waals surface area (Å²) in [7, 11) is 1.32. The molecule has 0 spiro atoms. The zero-order valence-corrected chi connectivity index (χ0v) is 21.8. The fraction of sp³-hybridized carbons (Fsp3) is 0.385. The number of pyridine rings is 1. The second-order valence-electron chi connectivity index (χ2n) is 9.02. The van der Waals surface area contributed by atoms with Crippen LogP contribution in [0.2, 0.25) is 10.0 Å². The lowest BCUT2D eigenvalue weighted by Crippen LogP contribution is -2.30. The molecule has 1 atom stereocenters. The minimum absolute atomic E-state index is 0.0432. The Bertz CT molecular complexity index is 1320. The van der Waals surface area contributed by atoms with Crippen LogP contribution >= 0.6 is 23.2 Å². The predicted octanol–water partition coefficient (Wildman–Crippen LogP) is 5.22. The lowest BCUT2D eigenvalue weighted by Gasteiger charge is -2.21. The Labute approximate surface area is 224 Å². The summed E-state index contributed by atoms with van der Waals surface area (Å²) in [5, 5.41) is 16.0. The number of halogens is 2. The Morgan fingerprint density at radius 2 is 1.92 bits per heavy atom. The Hall–Kier alpha value is -3.30. The molecule has 2 heterocycles. The van der Waals surface area contributed by atoms with Gasteiger partial charge in [0.1, 0.15) is 12.4 Å². The number of benzene rings is 1. The number of ether oxygens (including phenoxy) is 1. The molecule has 1 saturated carbocycles. The number of nitrogens with zero attached hydrogens (tertiary/aromatic N) is 2. The molecular weight excluding hydrogens is 519 g/mol. The Kier molecular flexibility index (Phi) is 8.56. The minimum Gasteiger partial charge on any atom is -0.481 e. The van der Waals surface area contributed by atoms with E-state index in [1.165, 1.54) is 13.5 Å². The number of carboxylic acid groups (broad SMARTS) is 1. The zero-order chi connectivity index (χ0) is 26.5. The Balaban J connectivity index is 1.71. The summed E-state index contributed by atoms with van der Waals surface area (Å²) in [6.07, 6.45) is 6.71. The maximum Gasteiger partial charge on any atom is 0.325 e. The minimum atomic E-state index is -1.08. The highest BCUT2D eigenvalue weighted by Gasteiger charge is 2.27. The van der Waals surface area contributed by atoms with E-state index in [9.17, 15) is 19.5 Å². The van der Waals surface area contributed by atoms with Gasteiger partial charge in [0, 0.05) is 12.1 Å². The van der Waals surface area contributed by atoms with Gasteiger partial charge in [0.2, 0.25) is 0 Å². The summed E-state index contributed by atoms with van der Waals surface area (Å²) < 4.78 is 6.54. The molecule has 0 bridgehead atoms. The first kappa shape index (κ1) is 26.8. The molecule has 1 aromatic carbocycles. The lowest BCUT2D eigenvalue weighted by molar-refractivity contribution is -0.139. The molecule has 3 N–H and O–H groups in total. The van der Waals surface area contributed by atoms with Crippen molar-refractivity contribution in [1.29, 1.82) is 0 Å². The largest absolute Gasteiger partial charge is 0.481 e. The number of esters is 1. The number of nitrogens with one attached hydrogen (secondary N) is 2. The summed E-state index contributed by atoms with van der Waals surface area (Å²) in [6, 6.07) is 7.25. The number of aromatic nitrogens is 2. The van der Waals surface area contributed by atoms with E-state index in [2.05, 4.69) is 10.6 Å². The van der Waals surface area contributed by atoms with E-state index in [1.54, 1.807) is 40.9 Å². The van der Waals surface area contributed by atoms with E-state index < -0.39 is 23.9 Å². The molecule has 2 aromatic heterocycles. The third kappa shape index (κ3) is 6.17. The van der Waals surface area contributed by atoms with Crippen LogP contribution in [-0.2, 0) is 14.3 Å². The Morgan fingerprint density at radius 3 is 2.59 bits per heavy atom. The van der Waals surface area contributed by atoms with Gasteiger partial charge in [0.15, 0.2) is 5.65 Å². The number of hydrogen-bond donors (Lipinski definition) is 3. The van der Waals surface area contributed by atoms with Crippen LogP contribution in [-0.4, -0.2) is 46.0 Å². The van der Waals surface area contributed by atoms with E-state index in [1.807, 2.05) is 0 Å². The first-order valence-corrected chi connectivity index (χ1v) is 12.8. The van der Waals surface area contributed by atoms with Crippen LogP contribution in [0.25, 0.3) is 5.65 Å². The molecule has 0 saturated heterocycles. The van der Waals surface area contributed by atoms with Gasteiger partial charge in [-0.1, -0.05) is 48.5 Å². The lowest BCUT2D eigenvalue weighted by atomic mass is 9.87. The highest BCUT2D eigenvalue weighted by atomic mass is 35.5. The standard InChI is InChI=1S/C26H28Cl2N4O5/c1-37-22(35)14-29-25-23(15-6-3-2-4-7-15)31-24-17(8-5-11-32(24)25)26(36)30-20(13-21(33)34)16-9-10-18(27)19(28)12-16/h5,8-12,15,20,29H,2-4,6-7,13-14H2,1H3,(H,30,36)(H,33,34). The number of imidazole rings is 1. The molecule has 0 aliphatic heterocycles. The Morgan fingerprint density at radius 1 is 1.16 bits per heavy atom. The SMILES string of the molecule is COC(=O)CNc1c(C2CCCCC2)nc2c(C(=O)NC(CC(=O)O)c3ccc(Cl)c(Cl)c3)cccn12. The number of carbonyl (C=O) groups is 3. The van der Waals surface area contributed by atoms with Crippen molar-refractivity contribution in [2.75, 3.05) is 19.0 Å². The van der Waals surface area contributed by atoms with Gasteiger partial charge in [-0.25, -0.2) is 4.98 Å². The van der Waals surface area contributed by atoms with Crippen LogP contribution in [0.5, 0.6) is 0 Å². The van der Waals surface area contributed by atoms with E-state index in [-0.39, 0.29) is 29.5 Å². The van der Waals surface area contributed by atoms with Crippen molar-refractivity contribution in [3.8, 4) is 0 Å². The third-order valence-corrected chi connectivity index (χ3v) is 7.31. The average molecular weight is 547 g/mol. The first-order chi connectivity index (χ1) is 17.8. The number of amides is 1. The third-order valence-electron chi connectivity index (χ3n) is 6.57. The number of fused-ring (bicyclic) bond motifs is 1. The van der Waals surface area contributed by atoms with Crippen LogP contribution in [0.15, 0.2) is 36.5 Å². The first-order valence-electron chi connectivity index (χ1n) is 12.1. The van der Waals surface area contributed by atoms with Gasteiger partial charge in [0.25, 0.3) is 5.91 Å². The van der Waals surface area contributed by atoms with Gasteiger partial charge in [-0.15, -0.1) is 0 Å². The molecule has 9 nitrogen and oxygen atoms in total. The molecule has 37 heavy (non-hydrogen) atoms. The summed E-state index contributed by atoms with van der Waals surface area (Å²) in [6.45, 7) is -0.0432. The number of carboxylic acids is 1. The number of anilines is 1. The van der Waals surface area contributed by atoms with Crippen molar-refractivity contribution in [3.63, 3.8) is 0 Å². The summed E-state index contributed by atoms with van der Waals surface area (Å²) in [5.41, 5.74) is 2.01. The molecular formula is C26H28Cl2N4O5. The van der Waals surface area contributed by atoms with Gasteiger partial charge in [-0.2, -0.15) is 0 Å². The van der Waals surface area contributed by atoms with Crippen molar-refractivity contribution in [2.45, 2.75) is 50.5 Å². The van der Waals surface area contributed by atoms with Crippen LogP contribution < -0.4 is 10.6 Å². The highest BCUT2D eigenvalue weighted by molar-refractivity contribution is 6.42. The number of aliphatic carboxylic acids is 1. The number of carbonyl (C=O) groups excluding carboxylic acids is 2. The summed E-state index contributed by atoms with van der Waals surface area (Å²) in [5.74, 6) is -1.14. The number of hydrogen-bond acceptors (Lipinski definition) is 6. The molecule has 196 valence electrons. The van der Waals surface area contributed by atoms with Crippen LogP contribution in [0.4, 0.5) is 5.82 Å². The maximum atomic E-state index is 13.5. The number of methoxy groups -OCH3 is 1. The summed E-state index contributed by atoms with van der Waals surface area (Å²) >= 11 is 12.1. The maximum absolute atomic E-state index is 13.5. The van der Waals surface area contributed by atoms with Crippen molar-refractivity contribution < 1.29 is 24.2 Å². The van der Waals surface area contributed by atoms with E-state index in [0.29, 0.717) is 22.1 Å². The van der Waals surface area contributed by atoms with Crippen LogP contribution in [0, 0.1) is 0 Å². The molecule has 3 aromatic rings. The van der Waals surface area contributed by atoms with Gasteiger partial charge in [0.05, 0.1) is 40.9 Å². The monoisotopic (exact) mass is 546 g/mol. The second-order valence-corrected chi connectivity index (χ2v) is 9.84. The highest BCUT2D eigenvalue weighted by Crippen LogP contribution is 2.37. The fourth-order valence-corrected chi connectivity index (χ4v) is 5.03. The average Bonchev–Trinajstić information content (AvgIpc) is 3.27. The predicted molar refractivity (Wildman–Crippen MR) is 140 cm³/mol. The zero-order valence-electron chi connectivity index (χ0n) is 20.3. The molecule has 1 unspecified atom stereocenters. The molecule has 4 rings (SSSR count). The molecule has 1 fully saturated rings. The van der Waals surface area contributed by atoms with Gasteiger partial charge in [-0.05, 0) is 42.7 Å². The summed E-state index contributed by atoms with van der Waals surface area (Å²) in [4.78, 5) is 41.8. The van der Waals surface area contributed by atoms with Crippen LogP contribution in [0.1, 0.15) is 72.1 Å². The number of rotatable bonds is 9. The van der Waals surface area contributed by atoms with Gasteiger partial charge < -0.3 is 20.5 Å². The quantitative estimate of drug-likeness (QED) is 0.314. The van der Waals surface area contributed by atoms with E-state index >= 15 is 0 Å². The topological polar surface area (TPSA) is 122 Å². The van der Waals surface area contributed by atoms with Gasteiger partial charge >= 0.3 is 11.9 Å². The van der Waals surface area contributed by atoms with Gasteiger partial charge in [-0.3, -0.25) is 18.8 Å². The van der Waals surface area contributed by atoms with E-state index in [4.69, 9.17) is 32.9 Å². The second kappa shape index (κ2) is 11.8. The fourth-order valence-electron chi connectivity index (χ4n) is 4.72. The molecule has 11 heteroatoms. The molecule has 1 aliphatic rings. The van der Waals surface area contributed by atoms with Crippen molar-refractivity contribution >= 4 is 52.5 Å². The smallest absolute Gasteiger partial charge is 0.325 e. The normalized spacial score (nSPS) is 14.8. The molecule has 1 amide bonds. The van der Waals surface area contributed by atoms with Crippen LogP contribution in [0.3, 0.4) is 0 Å². The van der Waals surface area contributed by atoms with E-state index in [0.717, 1.165) is 31.4 Å². The molecule has 0 radical (unpaired) electrons. The molecule has 1 aliphatic carbocycles.